The Morgan fingerprint density at radius 2 is 1.55 bits per heavy atom. The summed E-state index contributed by atoms with van der Waals surface area (Å²) in [7, 11) is 1.00. The summed E-state index contributed by atoms with van der Waals surface area (Å²) in [4.78, 5) is 43.4. The molecule has 0 aliphatic carbocycles. The highest BCUT2D eigenvalue weighted by Gasteiger charge is 2.30. The van der Waals surface area contributed by atoms with E-state index in [1.165, 1.54) is 24.8 Å². The molecular weight excluding hydrogens is 652 g/mol. The zero-order chi connectivity index (χ0) is 38.1. The molecule has 2 atom stereocenters. The number of carbonyl (C=O) groups excluding carboxylic acids is 2. The van der Waals surface area contributed by atoms with Crippen molar-refractivity contribution >= 4 is 23.5 Å². The Morgan fingerprint density at radius 3 is 2.10 bits per heavy atom. The van der Waals surface area contributed by atoms with Crippen LogP contribution in [0.5, 0.6) is 0 Å². The Labute approximate surface area is 301 Å². The number of carbonyl (C=O) groups is 2. The molecule has 0 spiro atoms. The van der Waals surface area contributed by atoms with Gasteiger partial charge in [-0.1, -0.05) is 74.9 Å². The number of Topliss-reactive ketones (excluding diaryl/α,β-unsaturated/α-hetero) is 1. The third kappa shape index (κ3) is 12.1. The van der Waals surface area contributed by atoms with E-state index in [2.05, 4.69) is 45.6 Å². The average molecular weight is 706 g/mol. The topological polar surface area (TPSA) is 123 Å². The summed E-state index contributed by atoms with van der Waals surface area (Å²) < 4.78 is 27.8. The minimum atomic E-state index is -3.06. The van der Waals surface area contributed by atoms with E-state index < -0.39 is 24.0 Å². The van der Waals surface area contributed by atoms with Gasteiger partial charge in [0, 0.05) is 52.5 Å². The molecular formula is C39H53F2N7O3. The molecule has 3 N–H and O–H groups in total. The first-order valence-corrected chi connectivity index (χ1v) is 17.2. The molecule has 1 amide bonds. The number of aliphatic hydroxyl groups excluding tert-OH is 1. The van der Waals surface area contributed by atoms with E-state index in [0.717, 1.165) is 37.1 Å². The number of aliphatic imine (C=N–C) groups is 1. The fraction of sp³-hybridized carbons (Fsp3) is 0.410. The largest absolute Gasteiger partial charge is 0.400 e. The first-order valence-electron chi connectivity index (χ1n) is 17.2. The van der Waals surface area contributed by atoms with E-state index in [4.69, 9.17) is 10.1 Å². The molecule has 276 valence electrons. The highest BCUT2D eigenvalue weighted by molar-refractivity contribution is 6.05. The summed E-state index contributed by atoms with van der Waals surface area (Å²) in [6, 6.07) is 16.5. The van der Waals surface area contributed by atoms with Crippen LogP contribution in [0, 0.1) is 6.92 Å². The SMILES string of the molecule is C=C.CC.CCc1ccc(C2N=C(N3CCN(c4nccc(C(C)(F)F)n4)CC3)C=C(C(=O)NC(Cc3ccc(C)cc3)C(C)=O)N2)cc1.CO. The van der Waals surface area contributed by atoms with Gasteiger partial charge in [0.25, 0.3) is 11.8 Å². The van der Waals surface area contributed by atoms with E-state index in [0.29, 0.717) is 44.1 Å². The summed E-state index contributed by atoms with van der Waals surface area (Å²) in [5, 5.41) is 13.2. The molecule has 2 aromatic carbocycles. The zero-order valence-electron chi connectivity index (χ0n) is 30.9. The Morgan fingerprint density at radius 1 is 0.980 bits per heavy atom. The number of hydrogen-bond donors (Lipinski definition) is 3. The summed E-state index contributed by atoms with van der Waals surface area (Å²) in [5.74, 6) is -2.71. The fourth-order valence-corrected chi connectivity index (χ4v) is 5.29. The number of nitrogens with zero attached hydrogens (tertiary/aromatic N) is 5. The lowest BCUT2D eigenvalue weighted by Crippen LogP contribution is -2.51. The maximum absolute atomic E-state index is 13.9. The summed E-state index contributed by atoms with van der Waals surface area (Å²) in [6.07, 6.45) is 3.83. The number of aliphatic hydroxyl groups is 1. The van der Waals surface area contributed by atoms with Gasteiger partial charge in [-0.25, -0.2) is 15.0 Å². The van der Waals surface area contributed by atoms with Gasteiger partial charge in [0.15, 0.2) is 5.78 Å². The van der Waals surface area contributed by atoms with Gasteiger partial charge in [0.05, 0.1) is 6.04 Å². The molecule has 0 saturated carbocycles. The normalized spacial score (nSPS) is 15.8. The van der Waals surface area contributed by atoms with Gasteiger partial charge >= 0.3 is 0 Å². The van der Waals surface area contributed by atoms with Crippen molar-refractivity contribution in [2.45, 2.75) is 72.5 Å². The Hall–Kier alpha value is -4.97. The van der Waals surface area contributed by atoms with Crippen molar-refractivity contribution in [2.75, 3.05) is 38.2 Å². The summed E-state index contributed by atoms with van der Waals surface area (Å²) in [6.45, 7) is 18.4. The van der Waals surface area contributed by atoms with Crippen molar-refractivity contribution in [3.05, 3.63) is 114 Å². The van der Waals surface area contributed by atoms with E-state index in [-0.39, 0.29) is 17.4 Å². The standard InChI is InChI=1S/C34H39F2N7O2.C2H6.C2H4.CH4O/c1-5-24-10-12-26(13-11-24)31-38-28(32(45)39-27(23(3)44)20-25-8-6-22(2)7-9-25)21-30(41-31)42-16-18-43(19-17-42)33-37-15-14-29(40-33)34(4,35)36;3*1-2/h6-15,21,27,31,38H,5,16-20H2,1-4H3,(H,39,45);1-2H3;1-2H2;2H,1H3. The maximum atomic E-state index is 13.9. The van der Waals surface area contributed by atoms with Gasteiger partial charge in [-0.3, -0.25) is 9.59 Å². The molecule has 5 rings (SSSR count). The van der Waals surface area contributed by atoms with E-state index in [1.807, 2.05) is 74.2 Å². The number of anilines is 1. The van der Waals surface area contributed by atoms with Gasteiger partial charge in [0.1, 0.15) is 23.4 Å². The third-order valence-electron chi connectivity index (χ3n) is 8.11. The number of amidine groups is 1. The smallest absolute Gasteiger partial charge is 0.287 e. The van der Waals surface area contributed by atoms with Crippen LogP contribution in [0.3, 0.4) is 0 Å². The van der Waals surface area contributed by atoms with Gasteiger partial charge in [-0.2, -0.15) is 8.78 Å². The Kier molecular flexibility index (Phi) is 17.1. The number of aryl methyl sites for hydroxylation is 2. The molecule has 12 heteroatoms. The minimum Gasteiger partial charge on any atom is -0.400 e. The van der Waals surface area contributed by atoms with Crippen LogP contribution in [-0.2, 0) is 28.4 Å². The van der Waals surface area contributed by atoms with Crippen molar-refractivity contribution in [1.82, 2.24) is 25.5 Å². The monoisotopic (exact) mass is 705 g/mol. The van der Waals surface area contributed by atoms with Gasteiger partial charge in [-0.05, 0) is 49.4 Å². The lowest BCUT2D eigenvalue weighted by atomic mass is 10.0. The lowest BCUT2D eigenvalue weighted by Gasteiger charge is -2.37. The van der Waals surface area contributed by atoms with Crippen molar-refractivity contribution in [1.29, 1.82) is 0 Å². The quantitative estimate of drug-likeness (QED) is 0.235. The highest BCUT2D eigenvalue weighted by atomic mass is 19.3. The highest BCUT2D eigenvalue weighted by Crippen LogP contribution is 2.27. The number of benzene rings is 2. The number of piperazine rings is 1. The Balaban J connectivity index is 0.00000143. The van der Waals surface area contributed by atoms with E-state index >= 15 is 0 Å². The number of rotatable bonds is 9. The molecule has 0 bridgehead atoms. The summed E-state index contributed by atoms with van der Waals surface area (Å²) >= 11 is 0. The second-order valence-corrected chi connectivity index (χ2v) is 11.6. The van der Waals surface area contributed by atoms with Crippen molar-refractivity contribution in [3.8, 4) is 0 Å². The van der Waals surface area contributed by atoms with Crippen LogP contribution in [0.25, 0.3) is 0 Å². The number of amides is 1. The molecule has 2 unspecified atom stereocenters. The van der Waals surface area contributed by atoms with Gasteiger partial charge < -0.3 is 25.5 Å². The zero-order valence-corrected chi connectivity index (χ0v) is 30.9. The first-order chi connectivity index (χ1) is 24.5. The minimum absolute atomic E-state index is 0.135. The van der Waals surface area contributed by atoms with Crippen molar-refractivity contribution in [3.63, 3.8) is 0 Å². The molecule has 0 radical (unpaired) electrons. The fourth-order valence-electron chi connectivity index (χ4n) is 5.29. The van der Waals surface area contributed by atoms with E-state index in [9.17, 15) is 18.4 Å². The number of nitrogens with one attached hydrogen (secondary N) is 2. The predicted octanol–water partition coefficient (Wildman–Crippen LogP) is 5.92. The van der Waals surface area contributed by atoms with Crippen LogP contribution in [0.15, 0.2) is 90.7 Å². The summed E-state index contributed by atoms with van der Waals surface area (Å²) in [5.41, 5.74) is 4.15. The maximum Gasteiger partial charge on any atom is 0.287 e. The molecule has 3 heterocycles. The number of aromatic nitrogens is 2. The molecule has 3 aromatic rings. The lowest BCUT2D eigenvalue weighted by molar-refractivity contribution is -0.125. The number of halogens is 2. The van der Waals surface area contributed by atoms with Gasteiger partial charge in [0.2, 0.25) is 5.95 Å². The number of ketones is 1. The first kappa shape index (κ1) is 42.2. The van der Waals surface area contributed by atoms with Gasteiger partial charge in [-0.15, -0.1) is 13.2 Å². The predicted molar refractivity (Wildman–Crippen MR) is 201 cm³/mol. The molecule has 10 nitrogen and oxygen atoms in total. The van der Waals surface area contributed by atoms with E-state index in [1.54, 1.807) is 6.08 Å². The second kappa shape index (κ2) is 20.6. The van der Waals surface area contributed by atoms with Crippen LogP contribution < -0.4 is 15.5 Å². The molecule has 2 aliphatic rings. The van der Waals surface area contributed by atoms with Crippen molar-refractivity contribution in [2.24, 2.45) is 4.99 Å². The van der Waals surface area contributed by atoms with Crippen LogP contribution in [0.4, 0.5) is 14.7 Å². The number of hydrogen-bond acceptors (Lipinski definition) is 9. The van der Waals surface area contributed by atoms with Crippen molar-refractivity contribution < 1.29 is 23.5 Å². The average Bonchev–Trinajstić information content (AvgIpc) is 3.17. The molecule has 1 saturated heterocycles. The molecule has 51 heavy (non-hydrogen) atoms. The van der Waals surface area contributed by atoms with Crippen LogP contribution >= 0.6 is 0 Å². The molecule has 1 aromatic heterocycles. The Bertz CT molecular complexity index is 1600. The third-order valence-corrected chi connectivity index (χ3v) is 8.11. The molecule has 2 aliphatic heterocycles. The number of alkyl halides is 2. The molecule has 1 fully saturated rings. The van der Waals surface area contributed by atoms with Crippen LogP contribution in [0.2, 0.25) is 0 Å². The second-order valence-electron chi connectivity index (χ2n) is 11.6. The van der Waals surface area contributed by atoms with Crippen LogP contribution in [-0.4, -0.2) is 76.8 Å². The van der Waals surface area contributed by atoms with Crippen LogP contribution in [0.1, 0.15) is 68.7 Å².